The molecule has 0 amide bonds. The van der Waals surface area contributed by atoms with Gasteiger partial charge in [-0.3, -0.25) is 0 Å². The van der Waals surface area contributed by atoms with E-state index >= 15 is 0 Å². The second-order valence-electron chi connectivity index (χ2n) is 2.00. The zero-order valence-electron chi connectivity index (χ0n) is 5.44. The van der Waals surface area contributed by atoms with Gasteiger partial charge in [0.1, 0.15) is 16.6 Å². The molecule has 1 aromatic rings. The third-order valence-corrected chi connectivity index (χ3v) is 2.26. The van der Waals surface area contributed by atoms with E-state index in [2.05, 4.69) is 15.9 Å². The summed E-state index contributed by atoms with van der Waals surface area (Å²) in [6.07, 6.45) is 0. The van der Waals surface area contributed by atoms with Crippen LogP contribution in [0.4, 0.5) is 4.39 Å². The van der Waals surface area contributed by atoms with Gasteiger partial charge < -0.3 is 5.11 Å². The van der Waals surface area contributed by atoms with Gasteiger partial charge in [0, 0.05) is 10.9 Å². The van der Waals surface area contributed by atoms with Crippen LogP contribution in [0.2, 0.25) is 5.02 Å². The molecule has 0 radical (unpaired) electrons. The van der Waals surface area contributed by atoms with Gasteiger partial charge in [-0.1, -0.05) is 33.6 Å². The van der Waals surface area contributed by atoms with E-state index in [1.165, 1.54) is 12.1 Å². The molecule has 1 N–H and O–H groups in total. The van der Waals surface area contributed by atoms with E-state index < -0.39 is 5.82 Å². The minimum absolute atomic E-state index is 0.191. The maximum Gasteiger partial charge on any atom is 0.145 e. The molecule has 11 heavy (non-hydrogen) atoms. The van der Waals surface area contributed by atoms with Crippen molar-refractivity contribution < 1.29 is 9.50 Å². The Kier molecular flexibility index (Phi) is 2.73. The highest BCUT2D eigenvalue weighted by Gasteiger charge is 2.08. The summed E-state index contributed by atoms with van der Waals surface area (Å²) in [5.41, 5.74) is 0.580. The molecule has 0 atom stereocenters. The molecule has 1 rings (SSSR count). The molecule has 0 aliphatic carbocycles. The van der Waals surface area contributed by atoms with Gasteiger partial charge in [-0.15, -0.1) is 0 Å². The molecule has 0 spiro atoms. The largest absolute Gasteiger partial charge is 0.506 e. The van der Waals surface area contributed by atoms with Gasteiger partial charge in [0.05, 0.1) is 0 Å². The topological polar surface area (TPSA) is 20.2 Å². The van der Waals surface area contributed by atoms with Gasteiger partial charge in [0.15, 0.2) is 0 Å². The van der Waals surface area contributed by atoms with Crippen molar-refractivity contribution in [1.29, 1.82) is 0 Å². The number of aromatic hydroxyl groups is 1. The van der Waals surface area contributed by atoms with Crippen LogP contribution in [0.1, 0.15) is 5.56 Å². The van der Waals surface area contributed by atoms with Gasteiger partial charge in [0.2, 0.25) is 0 Å². The molecule has 1 aromatic carbocycles. The third-order valence-electron chi connectivity index (χ3n) is 1.30. The SMILES string of the molecule is Oc1c(CBr)ccc(F)c1Cl. The van der Waals surface area contributed by atoms with Crippen LogP contribution in [0.3, 0.4) is 0 Å². The van der Waals surface area contributed by atoms with Gasteiger partial charge in [-0.05, 0) is 6.07 Å². The van der Waals surface area contributed by atoms with Gasteiger partial charge in [-0.25, -0.2) is 4.39 Å². The van der Waals surface area contributed by atoms with Crippen LogP contribution >= 0.6 is 27.5 Å². The van der Waals surface area contributed by atoms with E-state index in [0.29, 0.717) is 10.9 Å². The van der Waals surface area contributed by atoms with Crippen LogP contribution in [0.25, 0.3) is 0 Å². The van der Waals surface area contributed by atoms with Crippen molar-refractivity contribution in [3.63, 3.8) is 0 Å². The van der Waals surface area contributed by atoms with E-state index in [1.807, 2.05) is 0 Å². The Hall–Kier alpha value is -0.280. The summed E-state index contributed by atoms with van der Waals surface area (Å²) < 4.78 is 12.6. The predicted molar refractivity (Wildman–Crippen MR) is 45.7 cm³/mol. The molecule has 0 bridgehead atoms. The molecule has 0 unspecified atom stereocenters. The fraction of sp³-hybridized carbons (Fsp3) is 0.143. The average Bonchev–Trinajstić information content (AvgIpc) is 2.01. The highest BCUT2D eigenvalue weighted by atomic mass is 79.9. The summed E-state index contributed by atoms with van der Waals surface area (Å²) in [6, 6.07) is 2.70. The van der Waals surface area contributed by atoms with E-state index in [4.69, 9.17) is 11.6 Å². The van der Waals surface area contributed by atoms with Crippen molar-refractivity contribution in [3.8, 4) is 5.75 Å². The van der Waals surface area contributed by atoms with Crippen LogP contribution in [-0.4, -0.2) is 5.11 Å². The Morgan fingerprint density at radius 1 is 1.55 bits per heavy atom. The monoisotopic (exact) mass is 238 g/mol. The van der Waals surface area contributed by atoms with E-state index in [-0.39, 0.29) is 10.8 Å². The number of rotatable bonds is 1. The molecular formula is C7H5BrClFO. The Balaban J connectivity index is 3.25. The normalized spacial score (nSPS) is 10.1. The average molecular weight is 239 g/mol. The zero-order chi connectivity index (χ0) is 8.43. The third kappa shape index (κ3) is 1.65. The fourth-order valence-electron chi connectivity index (χ4n) is 0.688. The Morgan fingerprint density at radius 3 is 2.73 bits per heavy atom. The Labute approximate surface area is 76.9 Å². The number of phenols is 1. The maximum absolute atomic E-state index is 12.6. The molecule has 0 aliphatic heterocycles. The number of hydrogen-bond acceptors (Lipinski definition) is 1. The number of halogens is 3. The van der Waals surface area contributed by atoms with Crippen molar-refractivity contribution >= 4 is 27.5 Å². The van der Waals surface area contributed by atoms with Gasteiger partial charge in [-0.2, -0.15) is 0 Å². The lowest BCUT2D eigenvalue weighted by atomic mass is 10.2. The molecule has 0 saturated heterocycles. The molecule has 4 heteroatoms. The first-order chi connectivity index (χ1) is 5.16. The summed E-state index contributed by atoms with van der Waals surface area (Å²) >= 11 is 8.54. The molecule has 1 nitrogen and oxygen atoms in total. The second kappa shape index (κ2) is 3.41. The molecular weight excluding hydrogens is 234 g/mol. The Morgan fingerprint density at radius 2 is 2.18 bits per heavy atom. The summed E-state index contributed by atoms with van der Waals surface area (Å²) in [7, 11) is 0. The lowest BCUT2D eigenvalue weighted by molar-refractivity contribution is 0.465. The van der Waals surface area contributed by atoms with Crippen LogP contribution in [0.5, 0.6) is 5.75 Å². The summed E-state index contributed by atoms with van der Waals surface area (Å²) in [5, 5.41) is 9.41. The first-order valence-electron chi connectivity index (χ1n) is 2.88. The first-order valence-corrected chi connectivity index (χ1v) is 4.38. The number of hydrogen-bond donors (Lipinski definition) is 1. The van der Waals surface area contributed by atoms with Crippen molar-refractivity contribution in [1.82, 2.24) is 0 Å². The number of phenolic OH excluding ortho intramolecular Hbond substituents is 1. The predicted octanol–water partition coefficient (Wildman–Crippen LogP) is 3.08. The summed E-state index contributed by atoms with van der Waals surface area (Å²) in [4.78, 5) is 0. The lowest BCUT2D eigenvalue weighted by Crippen LogP contribution is -1.83. The highest BCUT2D eigenvalue weighted by Crippen LogP contribution is 2.30. The zero-order valence-corrected chi connectivity index (χ0v) is 7.78. The van der Waals surface area contributed by atoms with Crippen molar-refractivity contribution in [2.45, 2.75) is 5.33 Å². The standard InChI is InChI=1S/C7H5BrClFO/c8-3-4-1-2-5(10)6(9)7(4)11/h1-2,11H,3H2. The van der Waals surface area contributed by atoms with Crippen LogP contribution < -0.4 is 0 Å². The van der Waals surface area contributed by atoms with Gasteiger partial charge >= 0.3 is 0 Å². The van der Waals surface area contributed by atoms with E-state index in [9.17, 15) is 9.50 Å². The quantitative estimate of drug-likeness (QED) is 0.747. The minimum atomic E-state index is -0.603. The number of benzene rings is 1. The minimum Gasteiger partial charge on any atom is -0.506 e. The van der Waals surface area contributed by atoms with Gasteiger partial charge in [0.25, 0.3) is 0 Å². The molecule has 60 valence electrons. The van der Waals surface area contributed by atoms with Crippen LogP contribution in [-0.2, 0) is 5.33 Å². The smallest absolute Gasteiger partial charge is 0.145 e. The molecule has 0 fully saturated rings. The lowest BCUT2D eigenvalue weighted by Gasteiger charge is -2.02. The number of alkyl halides is 1. The van der Waals surface area contributed by atoms with Crippen LogP contribution in [0, 0.1) is 5.82 Å². The Bertz CT molecular complexity index is 277. The molecule has 0 heterocycles. The van der Waals surface area contributed by atoms with Crippen LogP contribution in [0.15, 0.2) is 12.1 Å². The van der Waals surface area contributed by atoms with Crippen molar-refractivity contribution in [2.24, 2.45) is 0 Å². The highest BCUT2D eigenvalue weighted by molar-refractivity contribution is 9.08. The second-order valence-corrected chi connectivity index (χ2v) is 2.94. The summed E-state index contributed by atoms with van der Waals surface area (Å²) in [6.45, 7) is 0. The van der Waals surface area contributed by atoms with E-state index in [1.54, 1.807) is 0 Å². The molecule has 0 saturated carbocycles. The molecule has 0 aliphatic rings. The van der Waals surface area contributed by atoms with Crippen molar-refractivity contribution in [2.75, 3.05) is 0 Å². The molecule has 0 aromatic heterocycles. The van der Waals surface area contributed by atoms with Crippen molar-refractivity contribution in [3.05, 3.63) is 28.5 Å². The van der Waals surface area contributed by atoms with E-state index in [0.717, 1.165) is 0 Å². The summed E-state index contributed by atoms with van der Waals surface area (Å²) in [5.74, 6) is -0.794. The fourth-order valence-corrected chi connectivity index (χ4v) is 1.32. The first kappa shape index (κ1) is 8.81. The maximum atomic E-state index is 12.6.